The average molecular weight is 237 g/mol. The molecule has 1 saturated heterocycles. The molecule has 0 radical (unpaired) electrons. The summed E-state index contributed by atoms with van der Waals surface area (Å²) in [5.74, 6) is 0.441. The minimum atomic E-state index is -0.478. The van der Waals surface area contributed by atoms with E-state index in [1.54, 1.807) is 19.2 Å². The van der Waals surface area contributed by atoms with Crippen LogP contribution < -0.4 is 4.74 Å². The second-order valence-corrected chi connectivity index (χ2v) is 4.46. The molecule has 0 aromatic heterocycles. The van der Waals surface area contributed by atoms with Crippen molar-refractivity contribution in [3.05, 3.63) is 29.8 Å². The predicted molar refractivity (Wildman–Crippen MR) is 61.5 cm³/mol. The molecule has 84 valence electrons. The zero-order valence-corrected chi connectivity index (χ0v) is 9.78. The maximum absolute atomic E-state index is 11.8. The van der Waals surface area contributed by atoms with Crippen LogP contribution in [0.4, 0.5) is 4.79 Å². The van der Waals surface area contributed by atoms with E-state index in [1.807, 2.05) is 12.1 Å². The Morgan fingerprint density at radius 1 is 1.31 bits per heavy atom. The Morgan fingerprint density at radius 2 is 2.00 bits per heavy atom. The highest BCUT2D eigenvalue weighted by atomic mass is 32.2. The van der Waals surface area contributed by atoms with E-state index in [0.29, 0.717) is 5.75 Å². The summed E-state index contributed by atoms with van der Waals surface area (Å²) in [6.45, 7) is 0. The van der Waals surface area contributed by atoms with Gasteiger partial charge in [-0.25, -0.2) is 0 Å². The van der Waals surface area contributed by atoms with Crippen molar-refractivity contribution in [1.29, 1.82) is 0 Å². The monoisotopic (exact) mass is 237 g/mol. The first kappa shape index (κ1) is 11.0. The van der Waals surface area contributed by atoms with Crippen molar-refractivity contribution in [2.24, 2.45) is 0 Å². The Labute approximate surface area is 97.6 Å². The lowest BCUT2D eigenvalue weighted by Gasteiger charge is -2.11. The van der Waals surface area contributed by atoms with E-state index in [2.05, 4.69) is 0 Å². The van der Waals surface area contributed by atoms with Gasteiger partial charge in [-0.1, -0.05) is 18.2 Å². The van der Waals surface area contributed by atoms with Gasteiger partial charge in [-0.15, -0.1) is 0 Å². The highest BCUT2D eigenvalue weighted by Gasteiger charge is 2.39. The molecule has 2 amide bonds. The molecule has 4 nitrogen and oxygen atoms in total. The van der Waals surface area contributed by atoms with E-state index < -0.39 is 5.25 Å². The maximum atomic E-state index is 11.8. The molecule has 0 aliphatic carbocycles. The van der Waals surface area contributed by atoms with E-state index in [9.17, 15) is 9.59 Å². The molecule has 1 atom stereocenters. The minimum absolute atomic E-state index is 0.195. The molecule has 5 heteroatoms. The van der Waals surface area contributed by atoms with Gasteiger partial charge in [0.25, 0.3) is 5.24 Å². The molecular weight excluding hydrogens is 226 g/mol. The van der Waals surface area contributed by atoms with Crippen molar-refractivity contribution >= 4 is 22.9 Å². The van der Waals surface area contributed by atoms with Gasteiger partial charge in [0.2, 0.25) is 5.91 Å². The van der Waals surface area contributed by atoms with Crippen LogP contribution in [-0.2, 0) is 4.79 Å². The Morgan fingerprint density at radius 3 is 2.56 bits per heavy atom. The number of rotatable bonds is 2. The fourth-order valence-electron chi connectivity index (χ4n) is 1.58. The number of para-hydroxylation sites is 1. The fraction of sp³-hybridized carbons (Fsp3) is 0.273. The lowest BCUT2D eigenvalue weighted by molar-refractivity contribution is -0.125. The van der Waals surface area contributed by atoms with Gasteiger partial charge >= 0.3 is 0 Å². The van der Waals surface area contributed by atoms with E-state index in [0.717, 1.165) is 22.2 Å². The lowest BCUT2D eigenvalue weighted by atomic mass is 10.1. The number of hydrogen-bond acceptors (Lipinski definition) is 4. The Balaban J connectivity index is 2.38. The van der Waals surface area contributed by atoms with Gasteiger partial charge in [-0.2, -0.15) is 0 Å². The maximum Gasteiger partial charge on any atom is 0.289 e. The molecule has 1 aliphatic heterocycles. The molecule has 1 aromatic carbocycles. The van der Waals surface area contributed by atoms with Crippen LogP contribution in [0.15, 0.2) is 24.3 Å². The number of carbonyl (C=O) groups excluding carboxylic acids is 2. The Hall–Kier alpha value is -1.49. The zero-order valence-electron chi connectivity index (χ0n) is 8.97. The molecule has 1 fully saturated rings. The third-order valence-electron chi connectivity index (χ3n) is 2.47. The number of amides is 2. The summed E-state index contributed by atoms with van der Waals surface area (Å²) in [4.78, 5) is 24.3. The molecule has 1 aliphatic rings. The van der Waals surface area contributed by atoms with Gasteiger partial charge in [0, 0.05) is 12.6 Å². The molecule has 1 unspecified atom stereocenters. The molecule has 1 heterocycles. The number of ether oxygens (including phenoxy) is 1. The van der Waals surface area contributed by atoms with E-state index >= 15 is 0 Å². The number of thioether (sulfide) groups is 1. The second kappa shape index (κ2) is 4.17. The SMILES string of the molecule is COc1ccccc1C1SC(=O)N(C)C1=O. The number of methoxy groups -OCH3 is 1. The number of likely N-dealkylation sites (N-methyl/N-ethyl adjacent to an activating group) is 1. The standard InChI is InChI=1S/C11H11NO3S/c1-12-10(13)9(16-11(12)14)7-5-3-4-6-8(7)15-2/h3-6,9H,1-2H3. The van der Waals surface area contributed by atoms with Gasteiger partial charge in [0.05, 0.1) is 7.11 Å². The summed E-state index contributed by atoms with van der Waals surface area (Å²) < 4.78 is 5.18. The van der Waals surface area contributed by atoms with Crippen molar-refractivity contribution < 1.29 is 14.3 Å². The van der Waals surface area contributed by atoms with Gasteiger partial charge in [0.1, 0.15) is 11.0 Å². The molecule has 0 spiro atoms. The first-order chi connectivity index (χ1) is 7.65. The molecule has 0 bridgehead atoms. The quantitative estimate of drug-likeness (QED) is 0.790. The van der Waals surface area contributed by atoms with Gasteiger partial charge in [0.15, 0.2) is 0 Å². The third-order valence-corrected chi connectivity index (χ3v) is 3.64. The average Bonchev–Trinajstić information content (AvgIpc) is 2.57. The van der Waals surface area contributed by atoms with Crippen molar-refractivity contribution in [3.8, 4) is 5.75 Å². The smallest absolute Gasteiger partial charge is 0.289 e. The van der Waals surface area contributed by atoms with Crippen LogP contribution in [0.3, 0.4) is 0 Å². The van der Waals surface area contributed by atoms with Crippen molar-refractivity contribution in [2.45, 2.75) is 5.25 Å². The predicted octanol–water partition coefficient (Wildman–Crippen LogP) is 2.06. The zero-order chi connectivity index (χ0) is 11.7. The van der Waals surface area contributed by atoms with Crippen LogP contribution in [-0.4, -0.2) is 30.2 Å². The van der Waals surface area contributed by atoms with Crippen LogP contribution in [0.2, 0.25) is 0 Å². The van der Waals surface area contributed by atoms with Crippen molar-refractivity contribution in [1.82, 2.24) is 4.90 Å². The summed E-state index contributed by atoms with van der Waals surface area (Å²) in [6, 6.07) is 7.25. The number of imide groups is 1. The van der Waals surface area contributed by atoms with Gasteiger partial charge in [-0.05, 0) is 17.8 Å². The lowest BCUT2D eigenvalue weighted by Crippen LogP contribution is -2.24. The minimum Gasteiger partial charge on any atom is -0.496 e. The van der Waals surface area contributed by atoms with Crippen LogP contribution >= 0.6 is 11.8 Å². The Kier molecular flexibility index (Phi) is 2.87. The molecule has 16 heavy (non-hydrogen) atoms. The summed E-state index contributed by atoms with van der Waals surface area (Å²) in [5, 5.41) is -0.699. The first-order valence-corrected chi connectivity index (χ1v) is 5.64. The Bertz CT molecular complexity index is 447. The molecular formula is C11H11NO3S. The van der Waals surface area contributed by atoms with Gasteiger partial charge < -0.3 is 4.74 Å². The van der Waals surface area contributed by atoms with Crippen LogP contribution in [0.1, 0.15) is 10.8 Å². The van der Waals surface area contributed by atoms with Gasteiger partial charge in [-0.3, -0.25) is 14.5 Å². The molecule has 2 rings (SSSR count). The van der Waals surface area contributed by atoms with Crippen molar-refractivity contribution in [2.75, 3.05) is 14.2 Å². The number of benzene rings is 1. The molecule has 0 N–H and O–H groups in total. The first-order valence-electron chi connectivity index (χ1n) is 4.76. The fourth-order valence-corrected chi connectivity index (χ4v) is 2.61. The van der Waals surface area contributed by atoms with Crippen LogP contribution in [0, 0.1) is 0 Å². The summed E-state index contributed by atoms with van der Waals surface area (Å²) in [5.41, 5.74) is 0.748. The molecule has 1 aromatic rings. The highest BCUT2D eigenvalue weighted by molar-refractivity contribution is 8.14. The van der Waals surface area contributed by atoms with E-state index in [1.165, 1.54) is 7.05 Å². The second-order valence-electron chi connectivity index (χ2n) is 3.40. The van der Waals surface area contributed by atoms with Crippen LogP contribution in [0.25, 0.3) is 0 Å². The van der Waals surface area contributed by atoms with Crippen molar-refractivity contribution in [3.63, 3.8) is 0 Å². The van der Waals surface area contributed by atoms with E-state index in [4.69, 9.17) is 4.74 Å². The van der Waals surface area contributed by atoms with Crippen LogP contribution in [0.5, 0.6) is 5.75 Å². The number of hydrogen-bond donors (Lipinski definition) is 0. The normalized spacial score (nSPS) is 20.4. The number of nitrogens with zero attached hydrogens (tertiary/aromatic N) is 1. The largest absolute Gasteiger partial charge is 0.496 e. The third kappa shape index (κ3) is 1.67. The highest BCUT2D eigenvalue weighted by Crippen LogP contribution is 2.41. The summed E-state index contributed by atoms with van der Waals surface area (Å²) in [7, 11) is 3.04. The van der Waals surface area contributed by atoms with E-state index in [-0.39, 0.29) is 11.1 Å². The summed E-state index contributed by atoms with van der Waals surface area (Å²) >= 11 is 1.02. The topological polar surface area (TPSA) is 46.6 Å². The molecule has 0 saturated carbocycles. The summed E-state index contributed by atoms with van der Waals surface area (Å²) in [6.07, 6.45) is 0. The number of carbonyl (C=O) groups is 2.